The molecule has 0 spiro atoms. The summed E-state index contributed by atoms with van der Waals surface area (Å²) in [4.78, 5) is 23.1. The van der Waals surface area contributed by atoms with Crippen molar-refractivity contribution in [3.8, 4) is 0 Å². The number of hydrogen-bond donors (Lipinski definition) is 3. The molecule has 7 nitrogen and oxygen atoms in total. The van der Waals surface area contributed by atoms with Crippen LogP contribution in [0.15, 0.2) is 47.4 Å². The lowest BCUT2D eigenvalue weighted by molar-refractivity contribution is -0.139. The van der Waals surface area contributed by atoms with Crippen LogP contribution < -0.4 is 15.4 Å². The second kappa shape index (κ2) is 9.67. The average molecular weight is 478 g/mol. The van der Waals surface area contributed by atoms with Gasteiger partial charge in [-0.15, -0.1) is 0 Å². The molecule has 0 saturated carbocycles. The highest BCUT2D eigenvalue weighted by molar-refractivity contribution is 7.89. The van der Waals surface area contributed by atoms with Gasteiger partial charge >= 0.3 is 6.18 Å². The van der Waals surface area contributed by atoms with Crippen LogP contribution in [0.5, 0.6) is 0 Å². The maximum absolute atomic E-state index is 13.1. The van der Waals surface area contributed by atoms with Crippen molar-refractivity contribution in [3.05, 3.63) is 58.6 Å². The van der Waals surface area contributed by atoms with Crippen LogP contribution in [0.2, 0.25) is 5.02 Å². The first-order valence-corrected chi connectivity index (χ1v) is 10.7. The molecule has 3 N–H and O–H groups in total. The fourth-order valence-electron chi connectivity index (χ4n) is 2.52. The molecule has 1 atom stereocenters. The Bertz CT molecular complexity index is 1090. The highest BCUT2D eigenvalue weighted by Gasteiger charge is 2.37. The molecule has 2 aromatic carbocycles. The molecule has 0 bridgehead atoms. The Labute approximate surface area is 182 Å². The molecule has 0 aromatic heterocycles. The van der Waals surface area contributed by atoms with E-state index in [0.29, 0.717) is 16.8 Å². The van der Waals surface area contributed by atoms with Gasteiger partial charge < -0.3 is 10.6 Å². The SMILES string of the molecule is Cc1ccc(NC(=O)CNC(=O)[C@H](C)NS(=O)(=O)c2ccccc2C(F)(F)F)c(Cl)c1. The van der Waals surface area contributed by atoms with Gasteiger partial charge in [0.15, 0.2) is 0 Å². The summed E-state index contributed by atoms with van der Waals surface area (Å²) in [7, 11) is -4.66. The molecule has 2 amide bonds. The summed E-state index contributed by atoms with van der Waals surface area (Å²) in [6.07, 6.45) is -4.90. The number of amides is 2. The smallest absolute Gasteiger partial charge is 0.346 e. The molecule has 2 rings (SSSR count). The van der Waals surface area contributed by atoms with E-state index in [0.717, 1.165) is 30.7 Å². The first-order chi connectivity index (χ1) is 14.3. The van der Waals surface area contributed by atoms with Gasteiger partial charge in [0.1, 0.15) is 0 Å². The minimum absolute atomic E-state index is 0.295. The highest BCUT2D eigenvalue weighted by atomic mass is 35.5. The van der Waals surface area contributed by atoms with Crippen molar-refractivity contribution < 1.29 is 31.2 Å². The Hall–Kier alpha value is -2.63. The van der Waals surface area contributed by atoms with Crippen LogP contribution in [0.1, 0.15) is 18.1 Å². The van der Waals surface area contributed by atoms with Crippen molar-refractivity contribution in [1.29, 1.82) is 0 Å². The molecule has 12 heteroatoms. The third-order valence-electron chi connectivity index (χ3n) is 4.03. The van der Waals surface area contributed by atoms with Crippen LogP contribution in [0.4, 0.5) is 18.9 Å². The zero-order chi connectivity index (χ0) is 23.4. The number of halogens is 4. The van der Waals surface area contributed by atoms with Crippen LogP contribution in [0.25, 0.3) is 0 Å². The molecule has 31 heavy (non-hydrogen) atoms. The largest absolute Gasteiger partial charge is 0.417 e. The van der Waals surface area contributed by atoms with Gasteiger partial charge in [-0.2, -0.15) is 17.9 Å². The Morgan fingerprint density at radius 2 is 1.77 bits per heavy atom. The van der Waals surface area contributed by atoms with Gasteiger partial charge in [0.05, 0.1) is 33.8 Å². The summed E-state index contributed by atoms with van der Waals surface area (Å²) in [6.45, 7) is 2.44. The number of sulfonamides is 1. The number of benzene rings is 2. The number of alkyl halides is 3. The maximum atomic E-state index is 13.1. The van der Waals surface area contributed by atoms with Crippen LogP contribution >= 0.6 is 11.6 Å². The third kappa shape index (κ3) is 6.68. The Balaban J connectivity index is 2.00. The van der Waals surface area contributed by atoms with E-state index < -0.39 is 51.1 Å². The lowest BCUT2D eigenvalue weighted by Gasteiger charge is -2.17. The van der Waals surface area contributed by atoms with Gasteiger partial charge in [-0.25, -0.2) is 8.42 Å². The molecule has 0 radical (unpaired) electrons. The summed E-state index contributed by atoms with van der Waals surface area (Å²) < 4.78 is 65.9. The Morgan fingerprint density at radius 1 is 1.13 bits per heavy atom. The zero-order valence-electron chi connectivity index (χ0n) is 16.4. The number of carbonyl (C=O) groups is 2. The number of anilines is 1. The lowest BCUT2D eigenvalue weighted by atomic mass is 10.2. The number of hydrogen-bond acceptors (Lipinski definition) is 4. The quantitative estimate of drug-likeness (QED) is 0.570. The van der Waals surface area contributed by atoms with E-state index in [4.69, 9.17) is 11.6 Å². The van der Waals surface area contributed by atoms with E-state index in [2.05, 4.69) is 10.6 Å². The van der Waals surface area contributed by atoms with Crippen LogP contribution in [0, 0.1) is 6.92 Å². The fraction of sp³-hybridized carbons (Fsp3) is 0.263. The second-order valence-electron chi connectivity index (χ2n) is 6.59. The van der Waals surface area contributed by atoms with E-state index in [9.17, 15) is 31.2 Å². The topological polar surface area (TPSA) is 104 Å². The molecule has 2 aromatic rings. The predicted octanol–water partition coefficient (Wildman–Crippen LogP) is 3.09. The minimum atomic E-state index is -4.90. The van der Waals surface area contributed by atoms with Crippen molar-refractivity contribution in [1.82, 2.24) is 10.0 Å². The summed E-state index contributed by atoms with van der Waals surface area (Å²) in [5.74, 6) is -1.53. The maximum Gasteiger partial charge on any atom is 0.417 e. The molecular weight excluding hydrogens is 459 g/mol. The molecular formula is C19H19ClF3N3O4S. The minimum Gasteiger partial charge on any atom is -0.346 e. The van der Waals surface area contributed by atoms with Crippen LogP contribution in [-0.4, -0.2) is 32.8 Å². The summed E-state index contributed by atoms with van der Waals surface area (Å²) >= 11 is 6.00. The normalized spacial score (nSPS) is 12.8. The molecule has 0 aliphatic carbocycles. The van der Waals surface area contributed by atoms with Gasteiger partial charge in [-0.3, -0.25) is 9.59 Å². The lowest BCUT2D eigenvalue weighted by Crippen LogP contribution is -2.46. The number of carbonyl (C=O) groups excluding carboxylic acids is 2. The monoisotopic (exact) mass is 477 g/mol. The van der Waals surface area contributed by atoms with E-state index in [1.165, 1.54) is 0 Å². The molecule has 0 fully saturated rings. The first kappa shape index (κ1) is 24.6. The average Bonchev–Trinajstić information content (AvgIpc) is 2.67. The zero-order valence-corrected chi connectivity index (χ0v) is 18.0. The van der Waals surface area contributed by atoms with Crippen LogP contribution in [0.3, 0.4) is 0 Å². The van der Waals surface area contributed by atoms with E-state index >= 15 is 0 Å². The number of aryl methyl sites for hydroxylation is 1. The third-order valence-corrected chi connectivity index (χ3v) is 5.94. The van der Waals surface area contributed by atoms with E-state index in [1.54, 1.807) is 18.2 Å². The van der Waals surface area contributed by atoms with Gasteiger partial charge in [-0.05, 0) is 43.7 Å². The van der Waals surface area contributed by atoms with E-state index in [1.807, 2.05) is 11.6 Å². The van der Waals surface area contributed by atoms with Crippen molar-refractivity contribution in [2.75, 3.05) is 11.9 Å². The summed E-state index contributed by atoms with van der Waals surface area (Å²) in [6, 6.07) is 7.08. The molecule has 0 aliphatic heterocycles. The molecule has 0 saturated heterocycles. The van der Waals surface area contributed by atoms with E-state index in [-0.39, 0.29) is 0 Å². The molecule has 0 unspecified atom stereocenters. The van der Waals surface area contributed by atoms with Gasteiger partial charge in [-0.1, -0.05) is 29.8 Å². The molecule has 0 aliphatic rings. The highest BCUT2D eigenvalue weighted by Crippen LogP contribution is 2.33. The van der Waals surface area contributed by atoms with Crippen molar-refractivity contribution in [2.24, 2.45) is 0 Å². The summed E-state index contributed by atoms with van der Waals surface area (Å²) in [5.41, 5.74) is -0.155. The first-order valence-electron chi connectivity index (χ1n) is 8.83. The Morgan fingerprint density at radius 3 is 2.39 bits per heavy atom. The van der Waals surface area contributed by atoms with Crippen molar-refractivity contribution in [3.63, 3.8) is 0 Å². The Kier molecular flexibility index (Phi) is 7.68. The molecule has 168 valence electrons. The van der Waals surface area contributed by atoms with Gasteiger partial charge in [0.2, 0.25) is 21.8 Å². The predicted molar refractivity (Wildman–Crippen MR) is 109 cm³/mol. The van der Waals surface area contributed by atoms with Gasteiger partial charge in [0, 0.05) is 0 Å². The summed E-state index contributed by atoms with van der Waals surface area (Å²) in [5, 5.41) is 4.99. The fourth-order valence-corrected chi connectivity index (χ4v) is 4.23. The molecule has 0 heterocycles. The number of rotatable bonds is 7. The van der Waals surface area contributed by atoms with Crippen molar-refractivity contribution >= 4 is 39.1 Å². The van der Waals surface area contributed by atoms with Crippen LogP contribution in [-0.2, 0) is 25.8 Å². The van der Waals surface area contributed by atoms with Crippen molar-refractivity contribution in [2.45, 2.75) is 31.0 Å². The standard InChI is InChI=1S/C19H19ClF3N3O4S/c1-11-7-8-15(14(20)9-11)25-17(27)10-24-18(28)12(2)26-31(29,30)16-6-4-3-5-13(16)19(21,22)23/h3-9,12,26H,10H2,1-2H3,(H,24,28)(H,25,27)/t12-/m0/s1. The van der Waals surface area contributed by atoms with Gasteiger partial charge in [0.25, 0.3) is 0 Å². The second-order valence-corrected chi connectivity index (χ2v) is 8.68. The number of nitrogens with one attached hydrogen (secondary N) is 3.